The summed E-state index contributed by atoms with van der Waals surface area (Å²) in [6, 6.07) is 1.87. The predicted molar refractivity (Wildman–Crippen MR) is 63.3 cm³/mol. The van der Waals surface area contributed by atoms with Gasteiger partial charge < -0.3 is 15.4 Å². The molecule has 1 aliphatic rings. The van der Waals surface area contributed by atoms with Crippen LogP contribution in [0.1, 0.15) is 13.3 Å². The Morgan fingerprint density at radius 2 is 2.53 bits per heavy atom. The fourth-order valence-corrected chi connectivity index (χ4v) is 2.02. The number of morpholine rings is 1. The van der Waals surface area contributed by atoms with Gasteiger partial charge in [0.05, 0.1) is 19.3 Å². The van der Waals surface area contributed by atoms with Crippen molar-refractivity contribution in [3.05, 3.63) is 12.3 Å². The molecule has 2 N–H and O–H groups in total. The highest BCUT2D eigenvalue weighted by atomic mass is 16.5. The highest BCUT2D eigenvalue weighted by Gasteiger charge is 2.25. The number of rotatable bonds is 3. The monoisotopic (exact) mass is 238 g/mol. The second-order valence-corrected chi connectivity index (χ2v) is 4.16. The maximum absolute atomic E-state index is 12.1. The third-order valence-corrected chi connectivity index (χ3v) is 2.98. The number of carbonyl (C=O) groups is 1. The second kappa shape index (κ2) is 5.18. The number of ether oxygens (including phenoxy) is 1. The molecule has 1 aromatic heterocycles. The van der Waals surface area contributed by atoms with Crippen LogP contribution in [0.2, 0.25) is 0 Å². The summed E-state index contributed by atoms with van der Waals surface area (Å²) in [7, 11) is 0. The van der Waals surface area contributed by atoms with Crippen LogP contribution in [0.4, 0.5) is 5.82 Å². The Morgan fingerprint density at radius 3 is 3.18 bits per heavy atom. The van der Waals surface area contributed by atoms with E-state index in [1.165, 1.54) is 0 Å². The number of hydrogen-bond acceptors (Lipinski definition) is 4. The number of anilines is 1. The van der Waals surface area contributed by atoms with Gasteiger partial charge in [0.15, 0.2) is 0 Å². The Hall–Kier alpha value is -1.56. The van der Waals surface area contributed by atoms with Gasteiger partial charge in [-0.3, -0.25) is 9.48 Å². The van der Waals surface area contributed by atoms with E-state index in [4.69, 9.17) is 10.5 Å². The van der Waals surface area contributed by atoms with E-state index >= 15 is 0 Å². The molecule has 0 aromatic carbocycles. The number of hydrogen-bond donors (Lipinski definition) is 1. The van der Waals surface area contributed by atoms with Crippen LogP contribution in [0, 0.1) is 0 Å². The second-order valence-electron chi connectivity index (χ2n) is 4.16. The third kappa shape index (κ3) is 2.76. The molecule has 94 valence electrons. The van der Waals surface area contributed by atoms with E-state index in [2.05, 4.69) is 12.0 Å². The van der Waals surface area contributed by atoms with Crippen molar-refractivity contribution in [2.24, 2.45) is 0 Å². The van der Waals surface area contributed by atoms with E-state index in [0.29, 0.717) is 25.6 Å². The summed E-state index contributed by atoms with van der Waals surface area (Å²) in [4.78, 5) is 14.0. The first-order valence-corrected chi connectivity index (χ1v) is 5.87. The van der Waals surface area contributed by atoms with Crippen LogP contribution < -0.4 is 5.73 Å². The summed E-state index contributed by atoms with van der Waals surface area (Å²) >= 11 is 0. The van der Waals surface area contributed by atoms with Gasteiger partial charge in [-0.15, -0.1) is 0 Å². The zero-order valence-corrected chi connectivity index (χ0v) is 10.0. The topological polar surface area (TPSA) is 73.4 Å². The van der Waals surface area contributed by atoms with E-state index in [1.54, 1.807) is 16.9 Å². The van der Waals surface area contributed by atoms with Crippen molar-refractivity contribution in [1.82, 2.24) is 14.7 Å². The van der Waals surface area contributed by atoms with Crippen LogP contribution in [-0.4, -0.2) is 46.4 Å². The SMILES string of the molecule is CCC1COCCN1C(=O)Cn1ccc(N)n1. The third-order valence-electron chi connectivity index (χ3n) is 2.98. The van der Waals surface area contributed by atoms with Gasteiger partial charge in [-0.25, -0.2) is 0 Å². The molecular weight excluding hydrogens is 220 g/mol. The maximum Gasteiger partial charge on any atom is 0.244 e. The lowest BCUT2D eigenvalue weighted by molar-refractivity contribution is -0.140. The molecule has 6 heteroatoms. The molecule has 1 aliphatic heterocycles. The smallest absolute Gasteiger partial charge is 0.244 e. The number of nitrogen functional groups attached to an aromatic ring is 1. The standard InChI is InChI=1S/C11H18N4O2/c1-2-9-8-17-6-5-15(9)11(16)7-14-4-3-10(12)13-14/h3-4,9H,2,5-8H2,1H3,(H2,12,13). The van der Waals surface area contributed by atoms with Gasteiger partial charge in [-0.05, 0) is 12.5 Å². The zero-order chi connectivity index (χ0) is 12.3. The van der Waals surface area contributed by atoms with Crippen LogP contribution in [0.25, 0.3) is 0 Å². The highest BCUT2D eigenvalue weighted by Crippen LogP contribution is 2.11. The van der Waals surface area contributed by atoms with Crippen LogP contribution in [0.3, 0.4) is 0 Å². The van der Waals surface area contributed by atoms with Gasteiger partial charge in [-0.1, -0.05) is 6.92 Å². The van der Waals surface area contributed by atoms with Crippen LogP contribution >= 0.6 is 0 Å². The molecule has 0 radical (unpaired) electrons. The van der Waals surface area contributed by atoms with Crippen molar-refractivity contribution < 1.29 is 9.53 Å². The van der Waals surface area contributed by atoms with E-state index in [-0.39, 0.29) is 18.5 Å². The van der Waals surface area contributed by atoms with Gasteiger partial charge in [0, 0.05) is 12.7 Å². The summed E-state index contributed by atoms with van der Waals surface area (Å²) in [5, 5.41) is 4.01. The molecule has 0 saturated carbocycles. The Labute approximate surface area is 100 Å². The normalized spacial score (nSPS) is 20.5. The molecule has 17 heavy (non-hydrogen) atoms. The van der Waals surface area contributed by atoms with Gasteiger partial charge >= 0.3 is 0 Å². The van der Waals surface area contributed by atoms with Gasteiger partial charge in [0.25, 0.3) is 0 Å². The van der Waals surface area contributed by atoms with Crippen LogP contribution in [0.15, 0.2) is 12.3 Å². The minimum atomic E-state index is 0.0725. The number of aromatic nitrogens is 2. The van der Waals surface area contributed by atoms with Crippen LogP contribution in [-0.2, 0) is 16.1 Å². The lowest BCUT2D eigenvalue weighted by atomic mass is 10.2. The molecule has 1 fully saturated rings. The number of amides is 1. The molecule has 2 heterocycles. The predicted octanol–water partition coefficient (Wildman–Crippen LogP) is 0.103. The first-order chi connectivity index (χ1) is 8.20. The van der Waals surface area contributed by atoms with Crippen molar-refractivity contribution in [2.45, 2.75) is 25.9 Å². The summed E-state index contributed by atoms with van der Waals surface area (Å²) in [5.74, 6) is 0.509. The summed E-state index contributed by atoms with van der Waals surface area (Å²) < 4.78 is 6.94. The van der Waals surface area contributed by atoms with Gasteiger partial charge in [0.1, 0.15) is 12.4 Å². The molecule has 1 atom stereocenters. The van der Waals surface area contributed by atoms with Crippen molar-refractivity contribution in [1.29, 1.82) is 0 Å². The molecule has 6 nitrogen and oxygen atoms in total. The van der Waals surface area contributed by atoms with E-state index in [9.17, 15) is 4.79 Å². The number of carbonyl (C=O) groups excluding carboxylic acids is 1. The van der Waals surface area contributed by atoms with Crippen molar-refractivity contribution >= 4 is 11.7 Å². The highest BCUT2D eigenvalue weighted by molar-refractivity contribution is 5.76. The first kappa shape index (κ1) is 11.9. The molecule has 0 aliphatic carbocycles. The largest absolute Gasteiger partial charge is 0.382 e. The molecule has 0 spiro atoms. The molecule has 1 aromatic rings. The Kier molecular flexibility index (Phi) is 3.63. The number of nitrogens with zero attached hydrogens (tertiary/aromatic N) is 3. The van der Waals surface area contributed by atoms with E-state index < -0.39 is 0 Å². The zero-order valence-electron chi connectivity index (χ0n) is 10.0. The molecule has 1 amide bonds. The van der Waals surface area contributed by atoms with E-state index in [0.717, 1.165) is 6.42 Å². The minimum absolute atomic E-state index is 0.0725. The fourth-order valence-electron chi connectivity index (χ4n) is 2.02. The summed E-state index contributed by atoms with van der Waals surface area (Å²) in [6.45, 7) is 4.21. The number of nitrogens with two attached hydrogens (primary N) is 1. The maximum atomic E-state index is 12.1. The summed E-state index contributed by atoms with van der Waals surface area (Å²) in [6.07, 6.45) is 2.63. The molecule has 0 bridgehead atoms. The average molecular weight is 238 g/mol. The molecule has 2 rings (SSSR count). The lowest BCUT2D eigenvalue weighted by Gasteiger charge is -2.35. The molecule has 1 unspecified atom stereocenters. The average Bonchev–Trinajstić information content (AvgIpc) is 2.74. The van der Waals surface area contributed by atoms with Gasteiger partial charge in [0.2, 0.25) is 5.91 Å². The quantitative estimate of drug-likeness (QED) is 0.810. The van der Waals surface area contributed by atoms with E-state index in [1.807, 2.05) is 4.90 Å². The Morgan fingerprint density at radius 1 is 1.71 bits per heavy atom. The Balaban J connectivity index is 1.98. The van der Waals surface area contributed by atoms with Gasteiger partial charge in [-0.2, -0.15) is 5.10 Å². The van der Waals surface area contributed by atoms with Crippen molar-refractivity contribution in [3.63, 3.8) is 0 Å². The molecular formula is C11H18N4O2. The lowest BCUT2D eigenvalue weighted by Crippen LogP contribution is -2.49. The van der Waals surface area contributed by atoms with Crippen molar-refractivity contribution in [3.8, 4) is 0 Å². The first-order valence-electron chi connectivity index (χ1n) is 5.87. The molecule has 1 saturated heterocycles. The fraction of sp³-hybridized carbons (Fsp3) is 0.636. The minimum Gasteiger partial charge on any atom is -0.382 e. The Bertz CT molecular complexity index is 391. The summed E-state index contributed by atoms with van der Waals surface area (Å²) in [5.41, 5.74) is 5.51. The van der Waals surface area contributed by atoms with Crippen molar-refractivity contribution in [2.75, 3.05) is 25.5 Å². The van der Waals surface area contributed by atoms with Crippen LogP contribution in [0.5, 0.6) is 0 Å².